The fraction of sp³-hybridized carbons (Fsp3) is 0.333. The molecule has 0 fully saturated rings. The van der Waals surface area contributed by atoms with E-state index in [2.05, 4.69) is 9.97 Å². The van der Waals surface area contributed by atoms with Crippen LogP contribution in [0.1, 0.15) is 13.3 Å². The Morgan fingerprint density at radius 3 is 2.52 bits per heavy atom. The molecule has 176 valence electrons. The molecule has 2 N–H and O–H groups in total. The van der Waals surface area contributed by atoms with Crippen LogP contribution in [-0.2, 0) is 21.2 Å². The maximum Gasteiger partial charge on any atom is 0.264 e. The number of carbonyl (C=O) groups is 1. The van der Waals surface area contributed by atoms with Crippen molar-refractivity contribution in [3.8, 4) is 11.1 Å². The molecule has 0 radical (unpaired) electrons. The lowest BCUT2D eigenvalue weighted by Gasteiger charge is -2.25. The van der Waals surface area contributed by atoms with Crippen molar-refractivity contribution in [2.45, 2.75) is 24.6 Å². The van der Waals surface area contributed by atoms with Crippen LogP contribution >= 0.6 is 0 Å². The number of rotatable bonds is 7. The summed E-state index contributed by atoms with van der Waals surface area (Å²) in [5.41, 5.74) is 1.76. The number of sulfone groups is 1. The second-order valence-electron chi connectivity index (χ2n) is 8.09. The van der Waals surface area contributed by atoms with Crippen LogP contribution in [0.15, 0.2) is 41.6 Å². The molecule has 3 aromatic rings. The van der Waals surface area contributed by atoms with E-state index in [9.17, 15) is 22.4 Å². The third kappa shape index (κ3) is 4.57. The fourth-order valence-corrected chi connectivity index (χ4v) is 4.13. The first-order valence-corrected chi connectivity index (χ1v) is 11.7. The first kappa shape index (κ1) is 24.3. The average Bonchev–Trinajstić information content (AvgIpc) is 2.77. The van der Waals surface area contributed by atoms with E-state index in [1.54, 1.807) is 12.1 Å². The number of halogens is 1. The molecule has 12 heteroatoms. The van der Waals surface area contributed by atoms with Crippen molar-refractivity contribution in [3.05, 3.63) is 53.0 Å². The van der Waals surface area contributed by atoms with E-state index >= 15 is 0 Å². The molecular formula is C21H24FN5O5S. The Morgan fingerprint density at radius 2 is 1.97 bits per heavy atom. The summed E-state index contributed by atoms with van der Waals surface area (Å²) in [6.07, 6.45) is 3.29. The van der Waals surface area contributed by atoms with E-state index in [-0.39, 0.29) is 29.4 Å². The molecule has 33 heavy (non-hydrogen) atoms. The Bertz CT molecular complexity index is 1370. The summed E-state index contributed by atoms with van der Waals surface area (Å²) in [5, 5.41) is 8.93. The van der Waals surface area contributed by atoms with Crippen LogP contribution in [0.5, 0.6) is 0 Å². The van der Waals surface area contributed by atoms with Crippen LogP contribution in [0.4, 0.5) is 10.2 Å². The molecular weight excluding hydrogens is 453 g/mol. The van der Waals surface area contributed by atoms with Gasteiger partial charge in [-0.15, -0.1) is 0 Å². The van der Waals surface area contributed by atoms with Gasteiger partial charge in [-0.25, -0.2) is 28.3 Å². The van der Waals surface area contributed by atoms with Crippen LogP contribution in [0.2, 0.25) is 0 Å². The van der Waals surface area contributed by atoms with Gasteiger partial charge in [0, 0.05) is 44.2 Å². The van der Waals surface area contributed by atoms with Crippen molar-refractivity contribution in [3.63, 3.8) is 0 Å². The lowest BCUT2D eigenvalue weighted by atomic mass is 10.0. The Hall–Kier alpha value is -3.38. The van der Waals surface area contributed by atoms with Crippen LogP contribution < -0.4 is 15.9 Å². The number of aromatic nitrogens is 3. The lowest BCUT2D eigenvalue weighted by Crippen LogP contribution is -2.50. The standard InChI is InChI=1S/C21H24FN5O5S/c1-21(20(29)25-30,33(4,31)32)7-8-27-12-24-17-10-14(16(22)9-15(17)19(27)28)13-5-6-18(23-11-13)26(2)3/h5-6,9-12,30H,7-8H2,1-4H3,(H,25,29)/t21-/m1/s1. The summed E-state index contributed by atoms with van der Waals surface area (Å²) in [4.78, 5) is 35.2. The molecule has 10 nitrogen and oxygen atoms in total. The Balaban J connectivity index is 1.98. The molecule has 2 heterocycles. The van der Waals surface area contributed by atoms with Gasteiger partial charge in [0.25, 0.3) is 11.5 Å². The van der Waals surface area contributed by atoms with E-state index in [0.29, 0.717) is 11.4 Å². The first-order valence-electron chi connectivity index (χ1n) is 9.85. The number of hydroxylamine groups is 1. The van der Waals surface area contributed by atoms with E-state index in [0.717, 1.165) is 23.8 Å². The summed E-state index contributed by atoms with van der Waals surface area (Å²) in [7, 11) is -0.258. The van der Waals surface area contributed by atoms with Crippen LogP contribution in [0.3, 0.4) is 0 Å². The summed E-state index contributed by atoms with van der Waals surface area (Å²) in [6.45, 7) is 0.951. The molecule has 0 unspecified atom stereocenters. The molecule has 3 rings (SSSR count). The van der Waals surface area contributed by atoms with Gasteiger partial charge < -0.3 is 4.90 Å². The Labute approximate surface area is 189 Å². The third-order valence-corrected chi connectivity index (χ3v) is 7.69. The van der Waals surface area contributed by atoms with E-state index < -0.39 is 31.9 Å². The number of hydrogen-bond donors (Lipinski definition) is 2. The molecule has 1 atom stereocenters. The maximum atomic E-state index is 14.9. The third-order valence-electron chi connectivity index (χ3n) is 5.66. The largest absolute Gasteiger partial charge is 0.363 e. The highest BCUT2D eigenvalue weighted by Crippen LogP contribution is 2.27. The van der Waals surface area contributed by atoms with Gasteiger partial charge in [0.05, 0.1) is 17.2 Å². The van der Waals surface area contributed by atoms with Gasteiger partial charge in [-0.3, -0.25) is 19.4 Å². The van der Waals surface area contributed by atoms with E-state index in [4.69, 9.17) is 5.21 Å². The summed E-state index contributed by atoms with van der Waals surface area (Å²) < 4.78 is 38.2. The number of amides is 1. The lowest BCUT2D eigenvalue weighted by molar-refractivity contribution is -0.131. The summed E-state index contributed by atoms with van der Waals surface area (Å²) in [5.74, 6) is -1.05. The SMILES string of the molecule is CN(C)c1ccc(-c2cc3ncn(CC[C@](C)(C(=O)NO)S(C)(=O)=O)c(=O)c3cc2F)cn1. The predicted molar refractivity (Wildman–Crippen MR) is 121 cm³/mol. The minimum atomic E-state index is -3.93. The van der Waals surface area contributed by atoms with Gasteiger partial charge in [0.2, 0.25) is 0 Å². The fourth-order valence-electron chi connectivity index (χ4n) is 3.29. The number of pyridine rings is 1. The number of fused-ring (bicyclic) bond motifs is 1. The predicted octanol–water partition coefficient (Wildman–Crippen LogP) is 1.36. The molecule has 0 aliphatic heterocycles. The van der Waals surface area contributed by atoms with Crippen LogP contribution in [0.25, 0.3) is 22.0 Å². The second kappa shape index (κ2) is 8.87. The zero-order chi connectivity index (χ0) is 24.6. The van der Waals surface area contributed by atoms with E-state index in [1.807, 2.05) is 19.0 Å². The van der Waals surface area contributed by atoms with Gasteiger partial charge in [-0.1, -0.05) is 0 Å². The maximum absolute atomic E-state index is 14.9. The zero-order valence-electron chi connectivity index (χ0n) is 18.5. The second-order valence-corrected chi connectivity index (χ2v) is 10.5. The van der Waals surface area contributed by atoms with Gasteiger partial charge in [-0.05, 0) is 37.6 Å². The van der Waals surface area contributed by atoms with Crippen molar-refractivity contribution >= 4 is 32.5 Å². The highest BCUT2D eigenvalue weighted by Gasteiger charge is 2.43. The van der Waals surface area contributed by atoms with Gasteiger partial charge in [0.1, 0.15) is 11.6 Å². The zero-order valence-corrected chi connectivity index (χ0v) is 19.4. The van der Waals surface area contributed by atoms with Gasteiger partial charge >= 0.3 is 0 Å². The van der Waals surface area contributed by atoms with Crippen LogP contribution in [0, 0.1) is 5.82 Å². The first-order chi connectivity index (χ1) is 15.4. The number of nitrogens with one attached hydrogen (secondary N) is 1. The molecule has 0 bridgehead atoms. The molecule has 1 aromatic carbocycles. The highest BCUT2D eigenvalue weighted by atomic mass is 32.2. The molecule has 0 aliphatic rings. The summed E-state index contributed by atoms with van der Waals surface area (Å²) >= 11 is 0. The molecule has 1 amide bonds. The molecule has 0 saturated heterocycles. The Morgan fingerprint density at radius 1 is 1.27 bits per heavy atom. The van der Waals surface area contributed by atoms with Crippen molar-refractivity contribution in [1.82, 2.24) is 20.0 Å². The van der Waals surface area contributed by atoms with Gasteiger partial charge in [-0.2, -0.15) is 0 Å². The molecule has 0 spiro atoms. The van der Waals surface area contributed by atoms with Crippen molar-refractivity contribution in [2.24, 2.45) is 0 Å². The molecule has 0 aliphatic carbocycles. The molecule has 2 aromatic heterocycles. The Kier molecular flexibility index (Phi) is 6.52. The topological polar surface area (TPSA) is 134 Å². The smallest absolute Gasteiger partial charge is 0.264 e. The van der Waals surface area contributed by atoms with Crippen LogP contribution in [-0.4, -0.2) is 59.2 Å². The monoisotopic (exact) mass is 477 g/mol. The summed E-state index contributed by atoms with van der Waals surface area (Å²) in [6, 6.07) is 5.98. The normalized spacial score (nSPS) is 13.5. The number of nitrogens with zero attached hydrogens (tertiary/aromatic N) is 4. The highest BCUT2D eigenvalue weighted by molar-refractivity contribution is 7.92. The average molecular weight is 478 g/mol. The minimum Gasteiger partial charge on any atom is -0.363 e. The van der Waals surface area contributed by atoms with Crippen molar-refractivity contribution in [2.75, 3.05) is 25.3 Å². The minimum absolute atomic E-state index is 0.00397. The number of hydrogen-bond acceptors (Lipinski definition) is 8. The number of carbonyl (C=O) groups excluding carboxylic acids is 1. The van der Waals surface area contributed by atoms with Gasteiger partial charge in [0.15, 0.2) is 14.6 Å². The van der Waals surface area contributed by atoms with Crippen molar-refractivity contribution in [1.29, 1.82) is 0 Å². The molecule has 0 saturated carbocycles. The number of anilines is 1. The van der Waals surface area contributed by atoms with E-state index in [1.165, 1.54) is 24.1 Å². The van der Waals surface area contributed by atoms with Crippen molar-refractivity contribution < 1.29 is 22.8 Å². The number of benzene rings is 1. The quantitative estimate of drug-likeness (QED) is 0.385. The number of aryl methyl sites for hydroxylation is 1.